The highest BCUT2D eigenvalue weighted by Gasteiger charge is 2.12. The smallest absolute Gasteiger partial charge is 0.256 e. The molecule has 0 saturated heterocycles. The van der Waals surface area contributed by atoms with Gasteiger partial charge in [0.25, 0.3) is 5.91 Å². The molecule has 0 spiro atoms. The summed E-state index contributed by atoms with van der Waals surface area (Å²) in [6.07, 6.45) is 5.88. The number of rotatable bonds is 8. The zero-order valence-electron chi connectivity index (χ0n) is 14.1. The number of carbonyl (C=O) groups excluding carboxylic acids is 1. The lowest BCUT2D eigenvalue weighted by Gasteiger charge is -2.19. The zero-order valence-corrected chi connectivity index (χ0v) is 15.7. The number of allylic oxidation sites excluding steroid dienone is 1. The Balaban J connectivity index is 2.03. The van der Waals surface area contributed by atoms with Crippen molar-refractivity contribution in [3.05, 3.63) is 53.2 Å². The second-order valence-electron chi connectivity index (χ2n) is 5.61. The molecule has 0 unspecified atom stereocenters. The lowest BCUT2D eigenvalue weighted by Crippen LogP contribution is -2.18. The van der Waals surface area contributed by atoms with Gasteiger partial charge in [-0.15, -0.1) is 6.58 Å². The van der Waals surface area contributed by atoms with Gasteiger partial charge in [-0.05, 0) is 46.6 Å². The van der Waals surface area contributed by atoms with Crippen LogP contribution < -0.4 is 10.2 Å². The van der Waals surface area contributed by atoms with Gasteiger partial charge in [-0.25, -0.2) is 0 Å². The lowest BCUT2D eigenvalue weighted by atomic mass is 10.2. The summed E-state index contributed by atoms with van der Waals surface area (Å²) in [5, 5.41) is 7.13. The molecule has 0 aliphatic carbocycles. The van der Waals surface area contributed by atoms with Crippen LogP contribution in [0.25, 0.3) is 0 Å². The summed E-state index contributed by atoms with van der Waals surface area (Å²) in [5.74, 6) is 0.327. The SMILES string of the molecule is C=CCn1cc(Br)c(NC(=O)c2ccc(N(C)CCCC)cc2)n1. The second-order valence-corrected chi connectivity index (χ2v) is 6.47. The van der Waals surface area contributed by atoms with Crippen molar-refractivity contribution in [3.8, 4) is 0 Å². The molecule has 1 aromatic carbocycles. The summed E-state index contributed by atoms with van der Waals surface area (Å²) in [5.41, 5.74) is 1.71. The highest BCUT2D eigenvalue weighted by Crippen LogP contribution is 2.21. The van der Waals surface area contributed by atoms with Crippen molar-refractivity contribution in [3.63, 3.8) is 0 Å². The molecule has 128 valence electrons. The number of benzene rings is 1. The molecule has 1 N–H and O–H groups in total. The van der Waals surface area contributed by atoms with E-state index < -0.39 is 0 Å². The van der Waals surface area contributed by atoms with E-state index in [0.717, 1.165) is 29.5 Å². The average molecular weight is 391 g/mol. The zero-order chi connectivity index (χ0) is 17.5. The Kier molecular flexibility index (Phi) is 6.61. The van der Waals surface area contributed by atoms with E-state index in [-0.39, 0.29) is 5.91 Å². The quantitative estimate of drug-likeness (QED) is 0.682. The molecule has 0 aliphatic heterocycles. The maximum atomic E-state index is 12.4. The monoisotopic (exact) mass is 390 g/mol. The molecule has 2 rings (SSSR count). The van der Waals surface area contributed by atoms with E-state index in [1.807, 2.05) is 30.5 Å². The number of hydrogen-bond donors (Lipinski definition) is 1. The standard InChI is InChI=1S/C18H23BrN4O/c1-4-6-12-22(3)15-9-7-14(8-10-15)18(24)20-17-16(19)13-23(21-17)11-5-2/h5,7-10,13H,2,4,6,11-12H2,1,3H3,(H,20,21,24). The van der Waals surface area contributed by atoms with E-state index >= 15 is 0 Å². The second kappa shape index (κ2) is 8.68. The number of halogens is 1. The van der Waals surface area contributed by atoms with Crippen LogP contribution in [0.4, 0.5) is 11.5 Å². The van der Waals surface area contributed by atoms with Crippen molar-refractivity contribution in [2.24, 2.45) is 0 Å². The van der Waals surface area contributed by atoms with Gasteiger partial charge in [-0.2, -0.15) is 5.10 Å². The molecule has 1 amide bonds. The van der Waals surface area contributed by atoms with E-state index in [1.165, 1.54) is 0 Å². The van der Waals surface area contributed by atoms with Crippen LogP contribution in [0.2, 0.25) is 0 Å². The molecule has 0 atom stereocenters. The van der Waals surface area contributed by atoms with Crippen molar-refractivity contribution < 1.29 is 4.79 Å². The normalized spacial score (nSPS) is 10.5. The maximum Gasteiger partial charge on any atom is 0.256 e. The fraction of sp³-hybridized carbons (Fsp3) is 0.333. The molecule has 0 bridgehead atoms. The van der Waals surface area contributed by atoms with Crippen molar-refractivity contribution in [1.82, 2.24) is 9.78 Å². The van der Waals surface area contributed by atoms with Crippen molar-refractivity contribution in [2.75, 3.05) is 23.8 Å². The maximum absolute atomic E-state index is 12.4. The van der Waals surface area contributed by atoms with Crippen LogP contribution in [-0.2, 0) is 6.54 Å². The van der Waals surface area contributed by atoms with Crippen LogP contribution >= 0.6 is 15.9 Å². The number of hydrogen-bond acceptors (Lipinski definition) is 3. The van der Waals surface area contributed by atoms with Crippen LogP contribution in [-0.4, -0.2) is 29.3 Å². The minimum Gasteiger partial charge on any atom is -0.375 e. The molecule has 0 saturated carbocycles. The minimum atomic E-state index is -0.178. The number of aromatic nitrogens is 2. The third-order valence-corrected chi connectivity index (χ3v) is 4.26. The van der Waals surface area contributed by atoms with Gasteiger partial charge >= 0.3 is 0 Å². The molecule has 5 nitrogen and oxygen atoms in total. The summed E-state index contributed by atoms with van der Waals surface area (Å²) in [6, 6.07) is 7.61. The van der Waals surface area contributed by atoms with Crippen molar-refractivity contribution in [2.45, 2.75) is 26.3 Å². The Hall–Kier alpha value is -2.08. The molecule has 0 aliphatic rings. The highest BCUT2D eigenvalue weighted by molar-refractivity contribution is 9.10. The summed E-state index contributed by atoms with van der Waals surface area (Å²) in [4.78, 5) is 14.6. The molecule has 24 heavy (non-hydrogen) atoms. The van der Waals surface area contributed by atoms with Crippen LogP contribution in [0, 0.1) is 0 Å². The fourth-order valence-electron chi connectivity index (χ4n) is 2.28. The topological polar surface area (TPSA) is 50.2 Å². The summed E-state index contributed by atoms with van der Waals surface area (Å²) >= 11 is 3.40. The summed E-state index contributed by atoms with van der Waals surface area (Å²) in [7, 11) is 2.06. The molecule has 1 aromatic heterocycles. The first-order valence-corrected chi connectivity index (χ1v) is 8.80. The largest absolute Gasteiger partial charge is 0.375 e. The van der Waals surface area contributed by atoms with Gasteiger partial charge in [0, 0.05) is 31.0 Å². The van der Waals surface area contributed by atoms with Gasteiger partial charge in [-0.3, -0.25) is 9.48 Å². The van der Waals surface area contributed by atoms with E-state index in [2.05, 4.69) is 51.8 Å². The summed E-state index contributed by atoms with van der Waals surface area (Å²) < 4.78 is 2.45. The van der Waals surface area contributed by atoms with Crippen LogP contribution in [0.3, 0.4) is 0 Å². The van der Waals surface area contributed by atoms with Crippen molar-refractivity contribution in [1.29, 1.82) is 0 Å². The van der Waals surface area contributed by atoms with Gasteiger partial charge in [0.2, 0.25) is 0 Å². The number of unbranched alkanes of at least 4 members (excludes halogenated alkanes) is 1. The van der Waals surface area contributed by atoms with Gasteiger partial charge in [0.15, 0.2) is 5.82 Å². The number of carbonyl (C=O) groups is 1. The Morgan fingerprint density at radius 2 is 2.12 bits per heavy atom. The molecule has 2 aromatic rings. The molecular formula is C18H23BrN4O. The number of nitrogens with zero attached hydrogens (tertiary/aromatic N) is 3. The van der Waals surface area contributed by atoms with Crippen molar-refractivity contribution >= 4 is 33.3 Å². The molecule has 6 heteroatoms. The Bertz CT molecular complexity index is 694. The predicted octanol–water partition coefficient (Wildman–Crippen LogP) is 4.32. The van der Waals surface area contributed by atoms with Gasteiger partial charge in [-0.1, -0.05) is 19.4 Å². The number of amides is 1. The molecule has 0 fully saturated rings. The van der Waals surface area contributed by atoms with E-state index in [1.54, 1.807) is 10.8 Å². The van der Waals surface area contributed by atoms with Gasteiger partial charge in [0.1, 0.15) is 0 Å². The van der Waals surface area contributed by atoms with E-state index in [4.69, 9.17) is 0 Å². The third kappa shape index (κ3) is 4.71. The van der Waals surface area contributed by atoms with Gasteiger partial charge < -0.3 is 10.2 Å². The number of nitrogens with one attached hydrogen (secondary N) is 1. The molecular weight excluding hydrogens is 368 g/mol. The Labute approximate surface area is 151 Å². The molecule has 0 radical (unpaired) electrons. The molecule has 1 heterocycles. The number of anilines is 2. The predicted molar refractivity (Wildman–Crippen MR) is 103 cm³/mol. The fourth-order valence-corrected chi connectivity index (χ4v) is 2.69. The summed E-state index contributed by atoms with van der Waals surface area (Å²) in [6.45, 7) is 7.45. The van der Waals surface area contributed by atoms with E-state index in [0.29, 0.717) is 17.9 Å². The first-order valence-electron chi connectivity index (χ1n) is 8.01. The third-order valence-electron chi connectivity index (χ3n) is 3.68. The van der Waals surface area contributed by atoms with Crippen LogP contribution in [0.1, 0.15) is 30.1 Å². The minimum absolute atomic E-state index is 0.178. The lowest BCUT2D eigenvalue weighted by molar-refractivity contribution is 0.102. The van der Waals surface area contributed by atoms with Gasteiger partial charge in [0.05, 0.1) is 11.0 Å². The Morgan fingerprint density at radius 1 is 1.42 bits per heavy atom. The highest BCUT2D eigenvalue weighted by atomic mass is 79.9. The first kappa shape index (κ1) is 18.3. The van der Waals surface area contributed by atoms with Crippen LogP contribution in [0.5, 0.6) is 0 Å². The Morgan fingerprint density at radius 3 is 2.75 bits per heavy atom. The van der Waals surface area contributed by atoms with Crippen LogP contribution in [0.15, 0.2) is 47.6 Å². The average Bonchev–Trinajstić information content (AvgIpc) is 2.92. The first-order chi connectivity index (χ1) is 11.5. The van der Waals surface area contributed by atoms with E-state index in [9.17, 15) is 4.79 Å².